The molecule has 8 nitrogen and oxygen atoms in total. The van der Waals surface area contributed by atoms with Crippen LogP contribution in [0.2, 0.25) is 0 Å². The molecule has 0 radical (unpaired) electrons. The fourth-order valence-corrected chi connectivity index (χ4v) is 8.21. The minimum Gasteiger partial charge on any atom is -0.439 e. The number of para-hydroxylation sites is 6. The zero-order chi connectivity index (χ0) is 38.7. The van der Waals surface area contributed by atoms with Gasteiger partial charge in [0.25, 0.3) is 0 Å². The quantitative estimate of drug-likeness (QED) is 0.0823. The van der Waals surface area contributed by atoms with Gasteiger partial charge in [0.1, 0.15) is 5.52 Å². The Kier molecular flexibility index (Phi) is 10.5. The number of pyridine rings is 1. The second-order valence-corrected chi connectivity index (χ2v) is 16.6. The summed E-state index contributed by atoms with van der Waals surface area (Å²) in [7, 11) is 11.6. The predicted molar refractivity (Wildman–Crippen MR) is 230 cm³/mol. The Balaban J connectivity index is 0.813. The standard InChI is InChI=1S/C48H55N6O2/c1-50-44-22-11-13-24-46(44)56-48(50)36-38-26-30-52(43-21-10-7-18-40(38)43)28-15-32-54(4,5)34-16-33-53(2,3)31-14-27-51-29-25-37(39-17-6-9-20-42(39)51)35-47-49-41-19-8-12-23-45(41)55-47/h6-13,17-26,29-30,35-36H,14-16,27-28,31-34H2,1-5H3/q+3. The summed E-state index contributed by atoms with van der Waals surface area (Å²) in [5.74, 6) is 2.39. The van der Waals surface area contributed by atoms with Crippen LogP contribution in [0.15, 0.2) is 132 Å². The van der Waals surface area contributed by atoms with E-state index in [1.165, 1.54) is 47.2 Å². The summed E-state index contributed by atoms with van der Waals surface area (Å²) in [6.45, 7) is 6.60. The van der Waals surface area contributed by atoms with Crippen LogP contribution in [-0.2, 0) is 6.54 Å². The molecule has 286 valence electrons. The molecule has 0 saturated heterocycles. The Bertz CT molecular complexity index is 2410. The van der Waals surface area contributed by atoms with Gasteiger partial charge in [-0.15, -0.1) is 0 Å². The van der Waals surface area contributed by atoms with Gasteiger partial charge in [-0.05, 0) is 53.6 Å². The topological polar surface area (TPSA) is 45.6 Å². The maximum atomic E-state index is 6.21. The summed E-state index contributed by atoms with van der Waals surface area (Å²) in [6.07, 6.45) is 14.3. The van der Waals surface area contributed by atoms with Crippen LogP contribution in [0.4, 0.5) is 11.4 Å². The fraction of sp³-hybridized carbons (Fsp3) is 0.292. The third-order valence-electron chi connectivity index (χ3n) is 11.4. The SMILES string of the molecule is CN1C(=Cc2cc[n+](CCC[N+](C)(C)CCC[N+](C)(C)CCCN3C=CC(=Cc4nc5ccccc5o4)c4ccccc43)c3ccccc23)Oc2ccccc21. The van der Waals surface area contributed by atoms with Gasteiger partial charge in [-0.3, -0.25) is 0 Å². The van der Waals surface area contributed by atoms with Crippen LogP contribution < -0.4 is 19.1 Å². The number of aryl methyl sites for hydroxylation is 1. The molecule has 0 N–H and O–H groups in total. The molecule has 4 aromatic carbocycles. The summed E-state index contributed by atoms with van der Waals surface area (Å²) in [5, 5.41) is 1.24. The highest BCUT2D eigenvalue weighted by Crippen LogP contribution is 2.38. The summed E-state index contributed by atoms with van der Waals surface area (Å²) in [5.41, 5.74) is 8.77. The van der Waals surface area contributed by atoms with E-state index in [4.69, 9.17) is 9.15 Å². The number of anilines is 2. The molecule has 0 atom stereocenters. The third kappa shape index (κ3) is 8.27. The van der Waals surface area contributed by atoms with Gasteiger partial charge in [0, 0.05) is 68.2 Å². The van der Waals surface area contributed by atoms with Crippen molar-refractivity contribution in [2.45, 2.75) is 25.8 Å². The van der Waals surface area contributed by atoms with Crippen molar-refractivity contribution >= 4 is 51.1 Å². The van der Waals surface area contributed by atoms with Crippen LogP contribution in [-0.4, -0.2) is 81.9 Å². The Hall–Kier alpha value is -5.70. The second kappa shape index (κ2) is 15.8. The molecule has 0 unspecified atom stereocenters. The summed E-state index contributed by atoms with van der Waals surface area (Å²) < 4.78 is 16.7. The number of rotatable bonds is 14. The Labute approximate surface area is 331 Å². The van der Waals surface area contributed by atoms with Crippen LogP contribution in [0.25, 0.3) is 39.7 Å². The Morgan fingerprint density at radius 2 is 1.41 bits per heavy atom. The van der Waals surface area contributed by atoms with Crippen LogP contribution in [0.5, 0.6) is 5.75 Å². The van der Waals surface area contributed by atoms with Crippen molar-refractivity contribution in [3.63, 3.8) is 0 Å². The second-order valence-electron chi connectivity index (χ2n) is 16.6. The van der Waals surface area contributed by atoms with Crippen LogP contribution in [0, 0.1) is 0 Å². The van der Waals surface area contributed by atoms with Crippen LogP contribution in [0.1, 0.15) is 36.3 Å². The van der Waals surface area contributed by atoms with Gasteiger partial charge in [-0.2, -0.15) is 4.57 Å². The Morgan fingerprint density at radius 3 is 2.23 bits per heavy atom. The minimum absolute atomic E-state index is 0.636. The zero-order valence-corrected chi connectivity index (χ0v) is 33.6. The van der Waals surface area contributed by atoms with E-state index in [0.717, 1.165) is 82.0 Å². The molecule has 4 heterocycles. The highest BCUT2D eigenvalue weighted by molar-refractivity contribution is 5.94. The van der Waals surface area contributed by atoms with E-state index in [9.17, 15) is 0 Å². The third-order valence-corrected chi connectivity index (χ3v) is 11.4. The van der Waals surface area contributed by atoms with Gasteiger partial charge in [0.2, 0.25) is 17.3 Å². The molecule has 0 fully saturated rings. The smallest absolute Gasteiger partial charge is 0.220 e. The maximum absolute atomic E-state index is 6.21. The van der Waals surface area contributed by atoms with Gasteiger partial charge in [0.05, 0.1) is 71.9 Å². The van der Waals surface area contributed by atoms with Gasteiger partial charge in [-0.25, -0.2) is 4.98 Å². The highest BCUT2D eigenvalue weighted by atomic mass is 16.5. The molecule has 56 heavy (non-hydrogen) atoms. The van der Waals surface area contributed by atoms with E-state index in [0.29, 0.717) is 5.89 Å². The predicted octanol–water partition coefficient (Wildman–Crippen LogP) is 8.99. The number of fused-ring (bicyclic) bond motifs is 4. The average Bonchev–Trinajstić information content (AvgIpc) is 3.75. The van der Waals surface area contributed by atoms with E-state index in [1.807, 2.05) is 36.4 Å². The lowest BCUT2D eigenvalue weighted by Crippen LogP contribution is -2.47. The van der Waals surface area contributed by atoms with E-state index in [1.54, 1.807) is 0 Å². The molecule has 0 bridgehead atoms. The minimum atomic E-state index is 0.636. The van der Waals surface area contributed by atoms with Crippen molar-refractivity contribution in [2.75, 3.05) is 77.8 Å². The first-order chi connectivity index (χ1) is 27.1. The molecule has 0 amide bonds. The van der Waals surface area contributed by atoms with Crippen molar-refractivity contribution in [1.29, 1.82) is 0 Å². The highest BCUT2D eigenvalue weighted by Gasteiger charge is 2.25. The van der Waals surface area contributed by atoms with Crippen molar-refractivity contribution < 1.29 is 22.7 Å². The number of benzene rings is 4. The first-order valence-electron chi connectivity index (χ1n) is 20.0. The number of quaternary nitrogens is 2. The molecule has 2 aromatic heterocycles. The molecule has 0 spiro atoms. The van der Waals surface area contributed by atoms with Crippen LogP contribution >= 0.6 is 0 Å². The molecule has 0 aliphatic carbocycles. The number of ether oxygens (including phenoxy) is 1. The lowest BCUT2D eigenvalue weighted by atomic mass is 9.99. The maximum Gasteiger partial charge on any atom is 0.220 e. The number of hydrogen-bond donors (Lipinski definition) is 0. The summed E-state index contributed by atoms with van der Waals surface area (Å²) >= 11 is 0. The molecule has 6 aromatic rings. The summed E-state index contributed by atoms with van der Waals surface area (Å²) in [4.78, 5) is 9.19. The normalized spacial score (nSPS) is 15.6. The Morgan fingerprint density at radius 1 is 0.714 bits per heavy atom. The van der Waals surface area contributed by atoms with E-state index >= 15 is 0 Å². The summed E-state index contributed by atoms with van der Waals surface area (Å²) in [6, 6.07) is 35.7. The molecule has 2 aliphatic heterocycles. The van der Waals surface area contributed by atoms with Crippen molar-refractivity contribution in [1.82, 2.24) is 4.98 Å². The molecule has 8 heteroatoms. The first kappa shape index (κ1) is 37.2. The lowest BCUT2D eigenvalue weighted by molar-refractivity contribution is -0.910. The van der Waals surface area contributed by atoms with Gasteiger partial charge in [-0.1, -0.05) is 54.6 Å². The van der Waals surface area contributed by atoms with E-state index in [2.05, 4.69) is 152 Å². The van der Waals surface area contributed by atoms with E-state index < -0.39 is 0 Å². The van der Waals surface area contributed by atoms with Gasteiger partial charge in [0.15, 0.2) is 24.1 Å². The van der Waals surface area contributed by atoms with Crippen molar-refractivity contribution in [3.8, 4) is 5.75 Å². The van der Waals surface area contributed by atoms with Gasteiger partial charge < -0.3 is 27.9 Å². The number of nitrogens with zero attached hydrogens (tertiary/aromatic N) is 6. The van der Waals surface area contributed by atoms with Crippen molar-refractivity contribution in [3.05, 3.63) is 145 Å². The molecular weight excluding hydrogens is 693 g/mol. The number of allylic oxidation sites excluding steroid dienone is 2. The van der Waals surface area contributed by atoms with Gasteiger partial charge >= 0.3 is 0 Å². The largest absolute Gasteiger partial charge is 0.439 e. The van der Waals surface area contributed by atoms with E-state index in [-0.39, 0.29) is 0 Å². The lowest BCUT2D eigenvalue weighted by Gasteiger charge is -2.34. The molecular formula is C48H55N6O2+3. The number of aromatic nitrogens is 2. The molecule has 0 saturated carbocycles. The number of oxazole rings is 1. The molecule has 8 rings (SSSR count). The van der Waals surface area contributed by atoms with Crippen molar-refractivity contribution in [2.24, 2.45) is 0 Å². The van der Waals surface area contributed by atoms with Crippen LogP contribution in [0.3, 0.4) is 0 Å². The number of hydrogen-bond acceptors (Lipinski definition) is 5. The molecule has 2 aliphatic rings. The zero-order valence-electron chi connectivity index (χ0n) is 33.6. The average molecular weight is 748 g/mol. The fourth-order valence-electron chi connectivity index (χ4n) is 8.21. The monoisotopic (exact) mass is 747 g/mol. The first-order valence-corrected chi connectivity index (χ1v) is 20.0.